The predicted octanol–water partition coefficient (Wildman–Crippen LogP) is 2.61. The highest BCUT2D eigenvalue weighted by atomic mass is 19.4. The van der Waals surface area contributed by atoms with Crippen molar-refractivity contribution in [1.29, 1.82) is 0 Å². The molecule has 1 saturated carbocycles. The van der Waals surface area contributed by atoms with Crippen molar-refractivity contribution in [1.82, 2.24) is 4.98 Å². The second-order valence-corrected chi connectivity index (χ2v) is 5.46. The van der Waals surface area contributed by atoms with Gasteiger partial charge < -0.3 is 10.0 Å². The van der Waals surface area contributed by atoms with E-state index in [-0.39, 0.29) is 5.56 Å². The number of pyridine rings is 1. The Morgan fingerprint density at radius 2 is 2.00 bits per heavy atom. The van der Waals surface area contributed by atoms with E-state index in [1.54, 1.807) is 0 Å². The standard InChI is InChI=1S/C13H15F3N2O/c1-7(19)10-4-17-12(3-11(10)13(14,15)16)18-5-8-2-9(8)6-18/h3-4,7-9,19H,2,5-6H2,1H3. The zero-order valence-corrected chi connectivity index (χ0v) is 10.5. The zero-order valence-electron chi connectivity index (χ0n) is 10.5. The van der Waals surface area contributed by atoms with Crippen molar-refractivity contribution in [2.24, 2.45) is 11.8 Å². The Bertz CT molecular complexity index is 491. The lowest BCUT2D eigenvalue weighted by atomic mass is 10.1. The molecule has 1 aromatic rings. The van der Waals surface area contributed by atoms with Crippen LogP contribution in [0.5, 0.6) is 0 Å². The smallest absolute Gasteiger partial charge is 0.389 e. The summed E-state index contributed by atoms with van der Waals surface area (Å²) in [5.74, 6) is 1.63. The minimum Gasteiger partial charge on any atom is -0.389 e. The second kappa shape index (κ2) is 4.10. The van der Waals surface area contributed by atoms with E-state index >= 15 is 0 Å². The summed E-state index contributed by atoms with van der Waals surface area (Å²) in [6, 6.07) is 1.06. The number of aromatic nitrogens is 1. The van der Waals surface area contributed by atoms with Gasteiger partial charge in [-0.3, -0.25) is 0 Å². The highest BCUT2D eigenvalue weighted by molar-refractivity contribution is 5.47. The summed E-state index contributed by atoms with van der Waals surface area (Å²) in [5.41, 5.74) is -0.950. The minimum absolute atomic E-state index is 0.166. The molecule has 1 N–H and O–H groups in total. The van der Waals surface area contributed by atoms with E-state index in [9.17, 15) is 18.3 Å². The number of alkyl halides is 3. The maximum absolute atomic E-state index is 13.0. The van der Waals surface area contributed by atoms with Crippen molar-refractivity contribution in [2.75, 3.05) is 18.0 Å². The third kappa shape index (κ3) is 2.29. The number of hydrogen-bond donors (Lipinski definition) is 1. The van der Waals surface area contributed by atoms with Crippen LogP contribution in [0.4, 0.5) is 19.0 Å². The molecule has 0 spiro atoms. The van der Waals surface area contributed by atoms with Crippen molar-refractivity contribution in [3.8, 4) is 0 Å². The van der Waals surface area contributed by atoms with Gasteiger partial charge in [-0.25, -0.2) is 4.98 Å². The highest BCUT2D eigenvalue weighted by Crippen LogP contribution is 2.46. The van der Waals surface area contributed by atoms with Crippen molar-refractivity contribution in [2.45, 2.75) is 25.6 Å². The Morgan fingerprint density at radius 1 is 1.37 bits per heavy atom. The molecule has 0 bridgehead atoms. The second-order valence-electron chi connectivity index (χ2n) is 5.46. The first-order valence-corrected chi connectivity index (χ1v) is 6.36. The summed E-state index contributed by atoms with van der Waals surface area (Å²) >= 11 is 0. The van der Waals surface area contributed by atoms with Gasteiger partial charge in [0.25, 0.3) is 0 Å². The molecule has 1 saturated heterocycles. The average molecular weight is 272 g/mol. The van der Waals surface area contributed by atoms with Gasteiger partial charge in [-0.1, -0.05) is 0 Å². The summed E-state index contributed by atoms with van der Waals surface area (Å²) in [7, 11) is 0. The van der Waals surface area contributed by atoms with Gasteiger partial charge in [-0.05, 0) is 31.2 Å². The van der Waals surface area contributed by atoms with E-state index in [4.69, 9.17) is 0 Å². The number of fused-ring (bicyclic) bond motifs is 1. The van der Waals surface area contributed by atoms with Crippen LogP contribution in [0.2, 0.25) is 0 Å². The van der Waals surface area contributed by atoms with E-state index in [1.807, 2.05) is 4.90 Å². The van der Waals surface area contributed by atoms with Gasteiger partial charge in [0.05, 0.1) is 11.7 Å². The zero-order chi connectivity index (χ0) is 13.8. The van der Waals surface area contributed by atoms with Crippen LogP contribution in [0.1, 0.15) is 30.6 Å². The topological polar surface area (TPSA) is 36.4 Å². The quantitative estimate of drug-likeness (QED) is 0.899. The van der Waals surface area contributed by atoms with Gasteiger partial charge in [-0.2, -0.15) is 13.2 Å². The van der Waals surface area contributed by atoms with Crippen molar-refractivity contribution < 1.29 is 18.3 Å². The maximum Gasteiger partial charge on any atom is 0.416 e. The molecule has 1 aromatic heterocycles. The van der Waals surface area contributed by atoms with Gasteiger partial charge in [0.15, 0.2) is 0 Å². The molecule has 0 aromatic carbocycles. The summed E-state index contributed by atoms with van der Waals surface area (Å²) in [5, 5.41) is 9.42. The summed E-state index contributed by atoms with van der Waals surface area (Å²) < 4.78 is 39.0. The van der Waals surface area contributed by atoms with Crippen LogP contribution in [0, 0.1) is 11.8 Å². The minimum atomic E-state index is -4.47. The number of piperidine rings is 1. The molecule has 3 nitrogen and oxygen atoms in total. The van der Waals surface area contributed by atoms with Crippen LogP contribution in [0.25, 0.3) is 0 Å². The normalized spacial score (nSPS) is 27.3. The number of hydrogen-bond acceptors (Lipinski definition) is 3. The Kier molecular flexibility index (Phi) is 2.74. The summed E-state index contributed by atoms with van der Waals surface area (Å²) in [4.78, 5) is 5.98. The van der Waals surface area contributed by atoms with Crippen molar-refractivity contribution in [3.05, 3.63) is 23.4 Å². The number of halogens is 3. The third-order valence-electron chi connectivity index (χ3n) is 3.98. The first-order chi connectivity index (χ1) is 8.86. The lowest BCUT2D eigenvalue weighted by molar-refractivity contribution is -0.139. The lowest BCUT2D eigenvalue weighted by Crippen LogP contribution is -2.24. The van der Waals surface area contributed by atoms with E-state index in [0.717, 1.165) is 25.4 Å². The highest BCUT2D eigenvalue weighted by Gasteiger charge is 2.46. The van der Waals surface area contributed by atoms with Crippen molar-refractivity contribution >= 4 is 5.82 Å². The van der Waals surface area contributed by atoms with Crippen LogP contribution in [0.3, 0.4) is 0 Å². The van der Waals surface area contributed by atoms with Crippen LogP contribution in [-0.2, 0) is 6.18 Å². The number of nitrogens with zero attached hydrogens (tertiary/aromatic N) is 2. The first kappa shape index (κ1) is 12.7. The Balaban J connectivity index is 1.94. The molecule has 19 heavy (non-hydrogen) atoms. The summed E-state index contributed by atoms with van der Waals surface area (Å²) in [6.07, 6.45) is -3.31. The van der Waals surface area contributed by atoms with E-state index in [2.05, 4.69) is 4.98 Å². The fourth-order valence-electron chi connectivity index (χ4n) is 2.79. The van der Waals surface area contributed by atoms with Gasteiger partial charge in [0.1, 0.15) is 5.82 Å². The van der Waals surface area contributed by atoms with Gasteiger partial charge in [0.2, 0.25) is 0 Å². The van der Waals surface area contributed by atoms with Gasteiger partial charge in [0, 0.05) is 24.8 Å². The average Bonchev–Trinajstić information content (AvgIpc) is 2.94. The molecule has 2 heterocycles. The molecular weight excluding hydrogens is 257 g/mol. The first-order valence-electron chi connectivity index (χ1n) is 6.36. The number of anilines is 1. The van der Waals surface area contributed by atoms with Crippen molar-refractivity contribution in [3.63, 3.8) is 0 Å². The molecule has 3 unspecified atom stereocenters. The maximum atomic E-state index is 13.0. The fourth-order valence-corrected chi connectivity index (χ4v) is 2.79. The van der Waals surface area contributed by atoms with Crippen LogP contribution in [0.15, 0.2) is 12.3 Å². The van der Waals surface area contributed by atoms with Gasteiger partial charge >= 0.3 is 6.18 Å². The third-order valence-corrected chi connectivity index (χ3v) is 3.98. The van der Waals surface area contributed by atoms with Crippen LogP contribution < -0.4 is 4.90 Å². The molecule has 1 aliphatic heterocycles. The molecule has 3 atom stereocenters. The van der Waals surface area contributed by atoms with Gasteiger partial charge in [-0.15, -0.1) is 0 Å². The SMILES string of the molecule is CC(O)c1cnc(N2CC3CC3C2)cc1C(F)(F)F. The molecule has 3 rings (SSSR count). The molecular formula is C13H15F3N2O. The number of aliphatic hydroxyl groups excluding tert-OH is 1. The van der Waals surface area contributed by atoms with E-state index in [1.165, 1.54) is 13.3 Å². The van der Waals surface area contributed by atoms with E-state index in [0.29, 0.717) is 17.7 Å². The molecule has 2 fully saturated rings. The molecule has 104 valence electrons. The molecule has 6 heteroatoms. The summed E-state index contributed by atoms with van der Waals surface area (Å²) in [6.45, 7) is 2.91. The molecule has 2 aliphatic rings. The molecule has 0 radical (unpaired) electrons. The monoisotopic (exact) mass is 272 g/mol. The van der Waals surface area contributed by atoms with Crippen LogP contribution in [-0.4, -0.2) is 23.2 Å². The molecule has 0 amide bonds. The lowest BCUT2D eigenvalue weighted by Gasteiger charge is -2.22. The Morgan fingerprint density at radius 3 is 2.53 bits per heavy atom. The molecule has 1 aliphatic carbocycles. The fraction of sp³-hybridized carbons (Fsp3) is 0.615. The largest absolute Gasteiger partial charge is 0.416 e. The Hall–Kier alpha value is -1.30. The van der Waals surface area contributed by atoms with E-state index < -0.39 is 17.8 Å². The predicted molar refractivity (Wildman–Crippen MR) is 63.7 cm³/mol. The Labute approximate surface area is 109 Å². The number of aliphatic hydroxyl groups is 1. The van der Waals surface area contributed by atoms with Crippen LogP contribution >= 0.6 is 0 Å². The number of rotatable bonds is 2.